The average Bonchev–Trinajstić information content (AvgIpc) is 3.41. The maximum absolute atomic E-state index is 12.9. The van der Waals surface area contributed by atoms with Crippen LogP contribution in [0.5, 0.6) is 5.75 Å². The van der Waals surface area contributed by atoms with Gasteiger partial charge in [-0.05, 0) is 70.3 Å². The molecule has 146 valence electrons. The predicted molar refractivity (Wildman–Crippen MR) is 104 cm³/mol. The molecule has 1 aliphatic carbocycles. The largest absolute Gasteiger partial charge is 0.466 e. The maximum Gasteiger partial charge on any atom is 0.278 e. The SMILES string of the molecule is Cc1ccc2c(c1)NC(=O)C(C)(C(=O)NCC1(CN3CCCCC3)CC1)O2. The van der Waals surface area contributed by atoms with Gasteiger partial charge in [-0.1, -0.05) is 12.5 Å². The summed E-state index contributed by atoms with van der Waals surface area (Å²) in [6, 6.07) is 5.56. The van der Waals surface area contributed by atoms with Crippen LogP contribution in [0.2, 0.25) is 0 Å². The Balaban J connectivity index is 1.39. The Morgan fingerprint density at radius 3 is 2.70 bits per heavy atom. The van der Waals surface area contributed by atoms with Crippen LogP contribution < -0.4 is 15.4 Å². The molecule has 0 bridgehead atoms. The molecule has 3 aliphatic rings. The number of anilines is 1. The first-order chi connectivity index (χ1) is 12.9. The molecule has 2 heterocycles. The van der Waals surface area contributed by atoms with Crippen molar-refractivity contribution < 1.29 is 14.3 Å². The summed E-state index contributed by atoms with van der Waals surface area (Å²) in [5.41, 5.74) is 0.278. The van der Waals surface area contributed by atoms with Crippen LogP contribution in [0.1, 0.15) is 44.6 Å². The van der Waals surface area contributed by atoms with Gasteiger partial charge in [0.05, 0.1) is 5.69 Å². The van der Waals surface area contributed by atoms with Crippen LogP contribution in [0.25, 0.3) is 0 Å². The molecule has 1 saturated carbocycles. The van der Waals surface area contributed by atoms with E-state index >= 15 is 0 Å². The zero-order valence-electron chi connectivity index (χ0n) is 16.3. The topological polar surface area (TPSA) is 70.7 Å². The molecule has 27 heavy (non-hydrogen) atoms. The van der Waals surface area contributed by atoms with Gasteiger partial charge >= 0.3 is 0 Å². The molecule has 2 fully saturated rings. The molecule has 6 nitrogen and oxygen atoms in total. The number of likely N-dealkylation sites (tertiary alicyclic amines) is 1. The molecule has 2 amide bonds. The van der Waals surface area contributed by atoms with Crippen LogP contribution >= 0.6 is 0 Å². The standard InChI is InChI=1S/C21H29N3O3/c1-15-6-7-17-16(12-15)23-19(26)20(2,27-17)18(25)22-13-21(8-9-21)14-24-10-4-3-5-11-24/h6-7,12H,3-5,8-11,13-14H2,1-2H3,(H,22,25)(H,23,26). The summed E-state index contributed by atoms with van der Waals surface area (Å²) >= 11 is 0. The van der Waals surface area contributed by atoms with Crippen molar-refractivity contribution in [3.63, 3.8) is 0 Å². The smallest absolute Gasteiger partial charge is 0.278 e. The summed E-state index contributed by atoms with van der Waals surface area (Å²) in [6.45, 7) is 7.47. The van der Waals surface area contributed by atoms with E-state index in [0.717, 1.165) is 38.0 Å². The number of fused-ring (bicyclic) bond motifs is 1. The van der Waals surface area contributed by atoms with Crippen LogP contribution in [-0.2, 0) is 9.59 Å². The zero-order valence-corrected chi connectivity index (χ0v) is 16.3. The van der Waals surface area contributed by atoms with Crippen molar-refractivity contribution >= 4 is 17.5 Å². The molecule has 2 N–H and O–H groups in total. The van der Waals surface area contributed by atoms with Crippen molar-refractivity contribution in [2.75, 3.05) is 31.5 Å². The molecule has 1 aromatic rings. The lowest BCUT2D eigenvalue weighted by atomic mass is 9.99. The highest BCUT2D eigenvalue weighted by molar-refractivity contribution is 6.15. The van der Waals surface area contributed by atoms with Gasteiger partial charge in [0.25, 0.3) is 17.4 Å². The Labute approximate surface area is 160 Å². The fourth-order valence-corrected chi connectivity index (χ4v) is 4.08. The highest BCUT2D eigenvalue weighted by atomic mass is 16.5. The average molecular weight is 371 g/mol. The summed E-state index contributed by atoms with van der Waals surface area (Å²) in [5.74, 6) is -0.248. The van der Waals surface area contributed by atoms with Crippen LogP contribution in [0.4, 0.5) is 5.69 Å². The lowest BCUT2D eigenvalue weighted by molar-refractivity contribution is -0.146. The normalized spacial score (nSPS) is 26.5. The molecule has 0 aromatic heterocycles. The minimum absolute atomic E-state index is 0.170. The number of hydrogen-bond donors (Lipinski definition) is 2. The third-order valence-corrected chi connectivity index (χ3v) is 6.15. The van der Waals surface area contributed by atoms with E-state index in [-0.39, 0.29) is 11.3 Å². The lowest BCUT2D eigenvalue weighted by Crippen LogP contribution is -2.59. The van der Waals surface area contributed by atoms with Crippen LogP contribution in [0, 0.1) is 12.3 Å². The van der Waals surface area contributed by atoms with Gasteiger partial charge in [0.1, 0.15) is 5.75 Å². The first-order valence-electron chi connectivity index (χ1n) is 10.0. The Hall–Kier alpha value is -2.08. The monoisotopic (exact) mass is 371 g/mol. The van der Waals surface area contributed by atoms with Gasteiger partial charge in [-0.15, -0.1) is 0 Å². The molecule has 1 atom stereocenters. The third kappa shape index (κ3) is 3.68. The molecular formula is C21H29N3O3. The van der Waals surface area contributed by atoms with Gasteiger partial charge in [-0.25, -0.2) is 0 Å². The van der Waals surface area contributed by atoms with E-state index in [1.165, 1.54) is 19.3 Å². The Morgan fingerprint density at radius 1 is 1.26 bits per heavy atom. The van der Waals surface area contributed by atoms with Crippen molar-refractivity contribution in [2.45, 2.75) is 51.6 Å². The number of amides is 2. The zero-order chi connectivity index (χ0) is 19.1. The molecule has 6 heteroatoms. The first-order valence-corrected chi connectivity index (χ1v) is 10.0. The van der Waals surface area contributed by atoms with Crippen molar-refractivity contribution in [2.24, 2.45) is 5.41 Å². The number of benzene rings is 1. The van der Waals surface area contributed by atoms with E-state index in [9.17, 15) is 9.59 Å². The van der Waals surface area contributed by atoms with Crippen LogP contribution in [-0.4, -0.2) is 48.5 Å². The number of piperidine rings is 1. The summed E-state index contributed by atoms with van der Waals surface area (Å²) in [7, 11) is 0. The number of nitrogens with zero attached hydrogens (tertiary/aromatic N) is 1. The second-order valence-corrected chi connectivity index (χ2v) is 8.61. The van der Waals surface area contributed by atoms with Gasteiger partial charge in [0.2, 0.25) is 0 Å². The molecular weight excluding hydrogens is 342 g/mol. The van der Waals surface area contributed by atoms with Crippen molar-refractivity contribution in [3.05, 3.63) is 23.8 Å². The third-order valence-electron chi connectivity index (χ3n) is 6.15. The summed E-state index contributed by atoms with van der Waals surface area (Å²) < 4.78 is 5.85. The quantitative estimate of drug-likeness (QED) is 0.780. The molecule has 2 aliphatic heterocycles. The first kappa shape index (κ1) is 18.3. The van der Waals surface area contributed by atoms with Crippen LogP contribution in [0.3, 0.4) is 0 Å². The minimum atomic E-state index is -1.54. The Kier molecular flexibility index (Phi) is 4.62. The number of hydrogen-bond acceptors (Lipinski definition) is 4. The van der Waals surface area contributed by atoms with E-state index in [0.29, 0.717) is 18.0 Å². The Bertz CT molecular complexity index is 753. The van der Waals surface area contributed by atoms with Crippen molar-refractivity contribution in [1.82, 2.24) is 10.2 Å². The van der Waals surface area contributed by atoms with Gasteiger partial charge in [0, 0.05) is 18.5 Å². The highest BCUT2D eigenvalue weighted by Gasteiger charge is 2.49. The van der Waals surface area contributed by atoms with Gasteiger partial charge in [0.15, 0.2) is 0 Å². The fourth-order valence-electron chi connectivity index (χ4n) is 4.08. The molecule has 1 unspecified atom stereocenters. The van der Waals surface area contributed by atoms with E-state index in [1.54, 1.807) is 13.0 Å². The van der Waals surface area contributed by atoms with E-state index in [1.807, 2.05) is 19.1 Å². The number of carbonyl (C=O) groups is 2. The fraction of sp³-hybridized carbons (Fsp3) is 0.619. The number of ether oxygens (including phenoxy) is 1. The summed E-state index contributed by atoms with van der Waals surface area (Å²) in [6.07, 6.45) is 6.14. The second-order valence-electron chi connectivity index (χ2n) is 8.61. The van der Waals surface area contributed by atoms with Crippen LogP contribution in [0.15, 0.2) is 18.2 Å². The minimum Gasteiger partial charge on any atom is -0.466 e. The maximum atomic E-state index is 12.9. The number of nitrogens with one attached hydrogen (secondary N) is 2. The second kappa shape index (κ2) is 6.82. The predicted octanol–water partition coefficient (Wildman–Crippen LogP) is 2.47. The van der Waals surface area contributed by atoms with E-state index in [4.69, 9.17) is 4.74 Å². The summed E-state index contributed by atoms with van der Waals surface area (Å²) in [5, 5.41) is 5.82. The van der Waals surface area contributed by atoms with Crippen molar-refractivity contribution in [3.8, 4) is 5.75 Å². The highest BCUT2D eigenvalue weighted by Crippen LogP contribution is 2.46. The molecule has 0 spiro atoms. The van der Waals surface area contributed by atoms with E-state index < -0.39 is 11.5 Å². The summed E-state index contributed by atoms with van der Waals surface area (Å²) in [4.78, 5) is 28.0. The Morgan fingerprint density at radius 2 is 2.00 bits per heavy atom. The molecule has 1 saturated heterocycles. The van der Waals surface area contributed by atoms with E-state index in [2.05, 4.69) is 15.5 Å². The number of rotatable bonds is 5. The molecule has 1 aromatic carbocycles. The van der Waals surface area contributed by atoms with Gasteiger partial charge in [-0.2, -0.15) is 0 Å². The van der Waals surface area contributed by atoms with Gasteiger partial charge < -0.3 is 20.3 Å². The molecule has 0 radical (unpaired) electrons. The van der Waals surface area contributed by atoms with Gasteiger partial charge in [-0.3, -0.25) is 9.59 Å². The molecule has 4 rings (SSSR count). The number of aryl methyl sites for hydroxylation is 1. The number of carbonyl (C=O) groups excluding carboxylic acids is 2. The van der Waals surface area contributed by atoms with Crippen molar-refractivity contribution in [1.29, 1.82) is 0 Å². The lowest BCUT2D eigenvalue weighted by Gasteiger charge is -2.34.